The first-order valence-corrected chi connectivity index (χ1v) is 0. The standard InChI is InChI=1S/Pt.4H2S/h;4*1H2/q+4;;;;/p-4. The summed E-state index contributed by atoms with van der Waals surface area (Å²) >= 11 is 0. The van der Waals surface area contributed by atoms with Crippen LogP contribution in [-0.2, 0) is 75.0 Å². The maximum Gasteiger partial charge on any atom is 4.00 e. The minimum absolute atomic E-state index is 0. The van der Waals surface area contributed by atoms with Crippen LogP contribution in [0.2, 0.25) is 0 Å². The van der Waals surface area contributed by atoms with Crippen LogP contribution < -0.4 is 0 Å². The summed E-state index contributed by atoms with van der Waals surface area (Å²) in [5, 5.41) is 0. The topological polar surface area (TPSA) is 0 Å². The van der Waals surface area contributed by atoms with Gasteiger partial charge in [0.05, 0.1) is 0 Å². The van der Waals surface area contributed by atoms with Gasteiger partial charge in [-0.15, -0.1) is 0 Å². The van der Waals surface area contributed by atoms with E-state index < -0.39 is 0 Å². The molecule has 0 N–H and O–H groups in total. The molecule has 0 aromatic rings. The van der Waals surface area contributed by atoms with E-state index in [0.717, 1.165) is 0 Å². The van der Waals surface area contributed by atoms with Gasteiger partial charge in [0.25, 0.3) is 0 Å². The molecule has 5 heavy (non-hydrogen) atoms. The molecule has 0 bridgehead atoms. The van der Waals surface area contributed by atoms with Crippen molar-refractivity contribution in [2.24, 2.45) is 0 Å². The van der Waals surface area contributed by atoms with Gasteiger partial charge in [0, 0.05) is 0 Å². The molecule has 0 rings (SSSR count). The van der Waals surface area contributed by atoms with Crippen molar-refractivity contribution in [3.8, 4) is 0 Å². The van der Waals surface area contributed by atoms with Crippen LogP contribution >= 0.6 is 0 Å². The molecule has 38 valence electrons. The predicted molar refractivity (Wildman–Crippen MR) is 35.0 cm³/mol. The van der Waals surface area contributed by atoms with Crippen molar-refractivity contribution in [1.82, 2.24) is 0 Å². The Morgan fingerprint density at radius 2 is 0.400 bits per heavy atom. The van der Waals surface area contributed by atoms with E-state index in [4.69, 9.17) is 0 Å². The summed E-state index contributed by atoms with van der Waals surface area (Å²) in [5.41, 5.74) is 0. The average Bonchev–Trinajstić information content (AvgIpc) is 0. The first-order chi connectivity index (χ1) is 0. The van der Waals surface area contributed by atoms with Gasteiger partial charge in [0.2, 0.25) is 0 Å². The van der Waals surface area contributed by atoms with Gasteiger partial charge < -0.3 is 54.0 Å². The van der Waals surface area contributed by atoms with E-state index in [1.54, 1.807) is 0 Å². The Morgan fingerprint density at radius 3 is 0.400 bits per heavy atom. The Hall–Kier alpha value is 2.09. The maximum absolute atomic E-state index is 0. The van der Waals surface area contributed by atoms with E-state index in [9.17, 15) is 0 Å². The summed E-state index contributed by atoms with van der Waals surface area (Å²) in [6.45, 7) is 0. The zero-order chi connectivity index (χ0) is 0. The van der Waals surface area contributed by atoms with Crippen molar-refractivity contribution < 1.29 is 21.1 Å². The molecule has 0 unspecified atom stereocenters. The molecule has 0 aliphatic carbocycles. The van der Waals surface area contributed by atoms with Crippen LogP contribution in [0.15, 0.2) is 0 Å². The van der Waals surface area contributed by atoms with Gasteiger partial charge in [-0.3, -0.25) is 0 Å². The largest absolute Gasteiger partial charge is 4.00 e. The molecule has 0 amide bonds. The summed E-state index contributed by atoms with van der Waals surface area (Å²) in [6.07, 6.45) is 0. The smallest absolute Gasteiger partial charge is 0.813 e. The molecule has 0 radical (unpaired) electrons. The predicted octanol–water partition coefficient (Wildman–Crippen LogP) is -1.08. The van der Waals surface area contributed by atoms with Crippen LogP contribution in [0.4, 0.5) is 0 Å². The first-order valence-electron chi connectivity index (χ1n) is 0. The van der Waals surface area contributed by atoms with Crippen LogP contribution in [0.25, 0.3) is 0 Å². The van der Waals surface area contributed by atoms with E-state index >= 15 is 0 Å². The zero-order valence-corrected chi connectivity index (χ0v) is 7.95. The Balaban J connectivity index is 0. The number of hydrogen-bond donors (Lipinski definition) is 0. The summed E-state index contributed by atoms with van der Waals surface area (Å²) in [5.74, 6) is 0. The Morgan fingerprint density at radius 1 is 0.400 bits per heavy atom. The SMILES string of the molecule is [Pt+4].[SH-].[SH-].[SH-].[SH-]. The molecule has 0 heterocycles. The summed E-state index contributed by atoms with van der Waals surface area (Å²) in [4.78, 5) is 0. The second kappa shape index (κ2) is 36.1. The Labute approximate surface area is 74.5 Å². The molecular formula is H4PtS4. The van der Waals surface area contributed by atoms with Crippen molar-refractivity contribution in [3.05, 3.63) is 0 Å². The molecule has 0 saturated carbocycles. The van der Waals surface area contributed by atoms with E-state index in [1.807, 2.05) is 0 Å². The van der Waals surface area contributed by atoms with Gasteiger partial charge in [-0.2, -0.15) is 0 Å². The third-order valence-corrected chi connectivity index (χ3v) is 0. The summed E-state index contributed by atoms with van der Waals surface area (Å²) < 4.78 is 0. The second-order valence-corrected chi connectivity index (χ2v) is 0. The molecule has 0 aromatic heterocycles. The van der Waals surface area contributed by atoms with Crippen molar-refractivity contribution in [3.63, 3.8) is 0 Å². The summed E-state index contributed by atoms with van der Waals surface area (Å²) in [7, 11) is 0. The molecule has 0 aromatic carbocycles. The summed E-state index contributed by atoms with van der Waals surface area (Å²) in [6, 6.07) is 0. The molecule has 0 saturated heterocycles. The third kappa shape index (κ3) is 23.3. The fraction of sp³-hybridized carbons (Fsp3) is 0. The Bertz CT molecular complexity index is 3.61. The van der Waals surface area contributed by atoms with Crippen molar-refractivity contribution >= 4 is 54.0 Å². The van der Waals surface area contributed by atoms with Gasteiger partial charge >= 0.3 is 21.1 Å². The molecule has 0 aliphatic rings. The van der Waals surface area contributed by atoms with Crippen molar-refractivity contribution in [1.29, 1.82) is 0 Å². The molecule has 0 aliphatic heterocycles. The van der Waals surface area contributed by atoms with Crippen molar-refractivity contribution in [2.75, 3.05) is 0 Å². The van der Waals surface area contributed by atoms with Gasteiger partial charge in [0.15, 0.2) is 0 Å². The fourth-order valence-electron chi connectivity index (χ4n) is 0. The minimum atomic E-state index is 0. The first kappa shape index (κ1) is 60.2. The van der Waals surface area contributed by atoms with Gasteiger partial charge in [0.1, 0.15) is 0 Å². The van der Waals surface area contributed by atoms with Crippen LogP contribution in [0.5, 0.6) is 0 Å². The normalized spacial score (nSPS) is 0. The van der Waals surface area contributed by atoms with Crippen LogP contribution in [-0.4, -0.2) is 0 Å². The van der Waals surface area contributed by atoms with E-state index in [1.165, 1.54) is 0 Å². The number of thiol groups is 4. The van der Waals surface area contributed by atoms with Crippen molar-refractivity contribution in [2.45, 2.75) is 0 Å². The van der Waals surface area contributed by atoms with Crippen LogP contribution in [0.3, 0.4) is 0 Å². The van der Waals surface area contributed by atoms with Crippen LogP contribution in [0, 0.1) is 0 Å². The van der Waals surface area contributed by atoms with Crippen LogP contribution in [0.1, 0.15) is 0 Å². The van der Waals surface area contributed by atoms with Gasteiger partial charge in [-0.1, -0.05) is 0 Å². The molecule has 0 fully saturated rings. The average molecular weight is 327 g/mol. The minimum Gasteiger partial charge on any atom is -0.813 e. The molecule has 0 spiro atoms. The number of hydrogen-bond acceptors (Lipinski definition) is 4. The zero-order valence-electron chi connectivity index (χ0n) is 2.11. The Kier molecular flexibility index (Phi) is 436. The number of rotatable bonds is 0. The molecule has 5 heteroatoms. The molecular weight excluding hydrogens is 323 g/mol. The van der Waals surface area contributed by atoms with Gasteiger partial charge in [-0.25, -0.2) is 0 Å². The van der Waals surface area contributed by atoms with Gasteiger partial charge in [-0.05, 0) is 0 Å². The van der Waals surface area contributed by atoms with E-state index in [0.29, 0.717) is 0 Å². The monoisotopic (exact) mass is 327 g/mol. The maximum atomic E-state index is 0. The molecule has 0 atom stereocenters. The van der Waals surface area contributed by atoms with E-state index in [-0.39, 0.29) is 75.0 Å². The fourth-order valence-corrected chi connectivity index (χ4v) is 0. The third-order valence-electron chi connectivity index (χ3n) is 0. The molecule has 0 nitrogen and oxygen atoms in total. The second-order valence-electron chi connectivity index (χ2n) is 0. The van der Waals surface area contributed by atoms with E-state index in [2.05, 4.69) is 0 Å². The quantitative estimate of drug-likeness (QED) is 0.410.